The van der Waals surface area contributed by atoms with Gasteiger partial charge in [0.1, 0.15) is 11.6 Å². The predicted molar refractivity (Wildman–Crippen MR) is 115 cm³/mol. The molecule has 154 valence electrons. The molecule has 5 heteroatoms. The van der Waals surface area contributed by atoms with Crippen LogP contribution in [0.4, 0.5) is 20.2 Å². The molecule has 2 heterocycles. The summed E-state index contributed by atoms with van der Waals surface area (Å²) in [6.07, 6.45) is 3.81. The van der Waals surface area contributed by atoms with Gasteiger partial charge in [0.05, 0.1) is 11.4 Å². The largest absolute Gasteiger partial charge is 0.397 e. The van der Waals surface area contributed by atoms with Crippen molar-refractivity contribution in [3.63, 3.8) is 0 Å². The van der Waals surface area contributed by atoms with Crippen LogP contribution < -0.4 is 10.6 Å². The first-order valence-corrected chi connectivity index (χ1v) is 10.4. The number of nitrogen functional groups attached to an aromatic ring is 1. The second-order valence-corrected chi connectivity index (χ2v) is 8.43. The Balaban J connectivity index is 1.43. The van der Waals surface area contributed by atoms with Gasteiger partial charge in [-0.1, -0.05) is 18.7 Å². The second-order valence-electron chi connectivity index (χ2n) is 8.43. The van der Waals surface area contributed by atoms with Crippen molar-refractivity contribution < 1.29 is 8.78 Å². The zero-order valence-electron chi connectivity index (χ0n) is 17.0. The average Bonchev–Trinajstić information content (AvgIpc) is 2.69. The van der Waals surface area contributed by atoms with Gasteiger partial charge in [-0.2, -0.15) is 0 Å². The molecule has 0 bridgehead atoms. The predicted octanol–water partition coefficient (Wildman–Crippen LogP) is 5.08. The Morgan fingerprint density at radius 1 is 1.10 bits per heavy atom. The van der Waals surface area contributed by atoms with Gasteiger partial charge < -0.3 is 10.6 Å². The van der Waals surface area contributed by atoms with Crippen molar-refractivity contribution in [3.05, 3.63) is 71.4 Å². The summed E-state index contributed by atoms with van der Waals surface area (Å²) in [6.45, 7) is 9.20. The van der Waals surface area contributed by atoms with Gasteiger partial charge in [0.25, 0.3) is 0 Å². The molecule has 29 heavy (non-hydrogen) atoms. The number of likely N-dealkylation sites (tertiary alicyclic amines) is 1. The molecule has 0 spiro atoms. The third-order valence-corrected chi connectivity index (χ3v) is 6.35. The van der Waals surface area contributed by atoms with Gasteiger partial charge in [-0.15, -0.1) is 0 Å². The molecule has 4 rings (SSSR count). The molecule has 2 aromatic rings. The highest BCUT2D eigenvalue weighted by atomic mass is 19.1. The lowest BCUT2D eigenvalue weighted by molar-refractivity contribution is 0.226. The average molecular weight is 398 g/mol. The normalized spacial score (nSPS) is 20.5. The topological polar surface area (TPSA) is 32.5 Å². The fourth-order valence-corrected chi connectivity index (χ4v) is 4.87. The Morgan fingerprint density at radius 2 is 1.86 bits per heavy atom. The number of piperidine rings is 1. The number of fused-ring (bicyclic) bond motifs is 1. The highest BCUT2D eigenvalue weighted by Gasteiger charge is 2.29. The number of nitrogens with two attached hydrogens (primary N) is 1. The molecule has 1 saturated heterocycles. The van der Waals surface area contributed by atoms with Crippen molar-refractivity contribution in [3.8, 4) is 0 Å². The highest BCUT2D eigenvalue weighted by molar-refractivity contribution is 5.75. The van der Waals surface area contributed by atoms with Crippen LogP contribution in [0.2, 0.25) is 0 Å². The number of hydrogen-bond acceptors (Lipinski definition) is 3. The lowest BCUT2D eigenvalue weighted by Crippen LogP contribution is -2.42. The number of aryl methyl sites for hydroxylation is 1. The van der Waals surface area contributed by atoms with Crippen molar-refractivity contribution in [2.75, 3.05) is 30.3 Å². The van der Waals surface area contributed by atoms with Crippen LogP contribution in [0.1, 0.15) is 43.2 Å². The summed E-state index contributed by atoms with van der Waals surface area (Å²) in [5.41, 5.74) is 10.7. The molecule has 1 unspecified atom stereocenters. The summed E-state index contributed by atoms with van der Waals surface area (Å²) < 4.78 is 27.3. The Kier molecular flexibility index (Phi) is 5.59. The fraction of sp³-hybridized carbons (Fsp3) is 0.417. The molecule has 2 aromatic carbocycles. The molecule has 2 aliphatic rings. The van der Waals surface area contributed by atoms with E-state index in [0.717, 1.165) is 67.8 Å². The quantitative estimate of drug-likeness (QED) is 0.730. The minimum atomic E-state index is -0.277. The fourth-order valence-electron chi connectivity index (χ4n) is 4.87. The molecular weight excluding hydrogens is 368 g/mol. The smallest absolute Gasteiger partial charge is 0.125 e. The maximum Gasteiger partial charge on any atom is 0.125 e. The molecule has 0 radical (unpaired) electrons. The monoisotopic (exact) mass is 397 g/mol. The van der Waals surface area contributed by atoms with Crippen LogP contribution in [0, 0.1) is 11.6 Å². The Bertz CT molecular complexity index is 903. The summed E-state index contributed by atoms with van der Waals surface area (Å²) >= 11 is 0. The summed E-state index contributed by atoms with van der Waals surface area (Å²) in [5.74, 6) is -0.0330. The number of halogens is 2. The number of rotatable bonds is 4. The minimum absolute atomic E-state index is 0.162. The van der Waals surface area contributed by atoms with Crippen LogP contribution in [0.3, 0.4) is 0 Å². The molecule has 3 nitrogen and oxygen atoms in total. The molecule has 1 atom stereocenters. The molecule has 0 amide bonds. The van der Waals surface area contributed by atoms with E-state index in [9.17, 15) is 8.78 Å². The van der Waals surface area contributed by atoms with Gasteiger partial charge in [-0.3, -0.25) is 4.90 Å². The Hall–Kier alpha value is -2.40. The molecule has 0 saturated carbocycles. The van der Waals surface area contributed by atoms with Gasteiger partial charge in [0.15, 0.2) is 0 Å². The third-order valence-electron chi connectivity index (χ3n) is 6.35. The van der Waals surface area contributed by atoms with Gasteiger partial charge in [0.2, 0.25) is 0 Å². The van der Waals surface area contributed by atoms with E-state index in [2.05, 4.69) is 23.3 Å². The van der Waals surface area contributed by atoms with Gasteiger partial charge in [-0.05, 0) is 87.0 Å². The van der Waals surface area contributed by atoms with Gasteiger partial charge in [0, 0.05) is 18.3 Å². The van der Waals surface area contributed by atoms with Gasteiger partial charge >= 0.3 is 0 Å². The highest BCUT2D eigenvalue weighted by Crippen LogP contribution is 2.39. The van der Waals surface area contributed by atoms with Crippen LogP contribution in [0.15, 0.2) is 48.7 Å². The Labute approximate surface area is 171 Å². The lowest BCUT2D eigenvalue weighted by Gasteiger charge is -2.41. The number of nitrogens with zero attached hydrogens (tertiary/aromatic N) is 2. The SMILES string of the molecule is C=C(CN1CCC(c2cccc(F)c2)CC1)N1c2c(N)cc(F)cc2CCC1C. The standard InChI is InChI=1S/C24H29F2N3/c1-16-6-7-20-13-22(26)14-23(27)24(20)29(16)17(2)15-28-10-8-18(9-11-28)19-4-3-5-21(25)12-19/h3-5,12-14,16,18H,2,6-11,15,27H2,1H3. The molecule has 1 fully saturated rings. The third kappa shape index (κ3) is 4.15. The van der Waals surface area contributed by atoms with Crippen LogP contribution in [-0.4, -0.2) is 30.6 Å². The first kappa shape index (κ1) is 19.9. The first-order valence-electron chi connectivity index (χ1n) is 10.4. The maximum absolute atomic E-state index is 13.8. The van der Waals surface area contributed by atoms with Crippen LogP contribution in [0.5, 0.6) is 0 Å². The first-order chi connectivity index (χ1) is 13.9. The van der Waals surface area contributed by atoms with E-state index in [-0.39, 0.29) is 17.7 Å². The molecule has 0 aromatic heterocycles. The van der Waals surface area contributed by atoms with Crippen molar-refractivity contribution in [2.24, 2.45) is 0 Å². The van der Waals surface area contributed by atoms with E-state index < -0.39 is 0 Å². The van der Waals surface area contributed by atoms with Crippen molar-refractivity contribution >= 4 is 11.4 Å². The zero-order chi connectivity index (χ0) is 20.5. The van der Waals surface area contributed by atoms with E-state index >= 15 is 0 Å². The zero-order valence-corrected chi connectivity index (χ0v) is 17.0. The molecular formula is C24H29F2N3. The van der Waals surface area contributed by atoms with Crippen molar-refractivity contribution in [1.29, 1.82) is 0 Å². The van der Waals surface area contributed by atoms with Crippen LogP contribution in [-0.2, 0) is 6.42 Å². The van der Waals surface area contributed by atoms with Crippen molar-refractivity contribution in [2.45, 2.75) is 44.6 Å². The molecule has 2 N–H and O–H groups in total. The van der Waals surface area contributed by atoms with E-state index in [0.29, 0.717) is 11.6 Å². The number of hydrogen-bond donors (Lipinski definition) is 1. The lowest BCUT2D eigenvalue weighted by atomic mass is 9.89. The summed E-state index contributed by atoms with van der Waals surface area (Å²) in [4.78, 5) is 4.60. The molecule has 2 aliphatic heterocycles. The summed E-state index contributed by atoms with van der Waals surface area (Å²) in [6, 6.07) is 10.3. The summed E-state index contributed by atoms with van der Waals surface area (Å²) in [7, 11) is 0. The second kappa shape index (κ2) is 8.15. The Morgan fingerprint density at radius 3 is 2.59 bits per heavy atom. The molecule has 0 aliphatic carbocycles. The summed E-state index contributed by atoms with van der Waals surface area (Å²) in [5, 5.41) is 0. The minimum Gasteiger partial charge on any atom is -0.397 e. The van der Waals surface area contributed by atoms with E-state index in [1.165, 1.54) is 12.1 Å². The maximum atomic E-state index is 13.8. The van der Waals surface area contributed by atoms with Crippen LogP contribution in [0.25, 0.3) is 0 Å². The van der Waals surface area contributed by atoms with E-state index in [4.69, 9.17) is 5.73 Å². The van der Waals surface area contributed by atoms with Crippen LogP contribution >= 0.6 is 0 Å². The van der Waals surface area contributed by atoms with E-state index in [1.807, 2.05) is 6.07 Å². The van der Waals surface area contributed by atoms with Crippen molar-refractivity contribution in [1.82, 2.24) is 4.90 Å². The number of benzene rings is 2. The van der Waals surface area contributed by atoms with Gasteiger partial charge in [-0.25, -0.2) is 8.78 Å². The number of anilines is 2. The van der Waals surface area contributed by atoms with E-state index in [1.54, 1.807) is 18.2 Å².